The van der Waals surface area contributed by atoms with E-state index in [-0.39, 0.29) is 36.9 Å². The lowest BCUT2D eigenvalue weighted by Gasteiger charge is -2.19. The minimum absolute atomic E-state index is 0.0190. The minimum Gasteiger partial charge on any atom is -0.480 e. The molecule has 5 rings (SSSR count). The number of nitrogens with one attached hydrogen (secondary N) is 3. The summed E-state index contributed by atoms with van der Waals surface area (Å²) in [5.41, 5.74) is 4.04. The number of rotatable bonds is 8. The first-order valence-electron chi connectivity index (χ1n) is 11.8. The van der Waals surface area contributed by atoms with Crippen LogP contribution in [0, 0.1) is 11.3 Å². The molecule has 0 aliphatic heterocycles. The molecule has 9 nitrogen and oxygen atoms in total. The summed E-state index contributed by atoms with van der Waals surface area (Å²) < 4.78 is 5.62. The summed E-state index contributed by atoms with van der Waals surface area (Å²) in [5, 5.41) is 16.3. The second kappa shape index (κ2) is 9.05. The van der Waals surface area contributed by atoms with Gasteiger partial charge in [-0.15, -0.1) is 0 Å². The van der Waals surface area contributed by atoms with Crippen LogP contribution in [0.2, 0.25) is 0 Å². The standard InChI is InChI=1S/C26H27N3O6/c30-22(27-13-23(31)32)12-28-24(33)26-10-15(26)9-16(11-26)29-25(34)35-14-21-19-7-3-1-5-17(19)18-6-2-4-8-20(18)21/h1-8,15-16,21H,9-14H2,(H,27,30)(H,28,33)(H,29,34)(H,31,32)/t15-,16+,26+/m1/s1. The molecule has 0 radical (unpaired) electrons. The van der Waals surface area contributed by atoms with Gasteiger partial charge in [0.15, 0.2) is 0 Å². The van der Waals surface area contributed by atoms with E-state index in [0.717, 1.165) is 28.7 Å². The third-order valence-corrected chi connectivity index (χ3v) is 7.38. The molecule has 182 valence electrons. The highest BCUT2D eigenvalue weighted by Crippen LogP contribution is 2.63. The van der Waals surface area contributed by atoms with Crippen LogP contribution >= 0.6 is 0 Å². The maximum atomic E-state index is 12.7. The van der Waals surface area contributed by atoms with Crippen molar-refractivity contribution in [1.82, 2.24) is 16.0 Å². The number of hydrogen-bond acceptors (Lipinski definition) is 5. The molecule has 3 amide bonds. The first-order chi connectivity index (χ1) is 16.9. The molecule has 3 aliphatic rings. The number of hydrogen-bond donors (Lipinski definition) is 4. The first-order valence-corrected chi connectivity index (χ1v) is 11.8. The molecular formula is C26H27N3O6. The molecule has 3 aliphatic carbocycles. The summed E-state index contributed by atoms with van der Waals surface area (Å²) in [6.07, 6.45) is 1.40. The number of alkyl carbamates (subject to hydrolysis) is 1. The molecule has 9 heteroatoms. The Kier molecular flexibility index (Phi) is 5.92. The largest absolute Gasteiger partial charge is 0.480 e. The molecule has 0 heterocycles. The zero-order chi connectivity index (χ0) is 24.6. The predicted octanol–water partition coefficient (Wildman–Crippen LogP) is 2.01. The van der Waals surface area contributed by atoms with Crippen molar-refractivity contribution in [3.05, 3.63) is 59.7 Å². The summed E-state index contributed by atoms with van der Waals surface area (Å²) in [7, 11) is 0. The van der Waals surface area contributed by atoms with Crippen LogP contribution < -0.4 is 16.0 Å². The van der Waals surface area contributed by atoms with Crippen LogP contribution in [0.15, 0.2) is 48.5 Å². The van der Waals surface area contributed by atoms with Crippen LogP contribution in [0.5, 0.6) is 0 Å². The van der Waals surface area contributed by atoms with Crippen molar-refractivity contribution in [1.29, 1.82) is 0 Å². The van der Waals surface area contributed by atoms with Crippen molar-refractivity contribution in [2.75, 3.05) is 19.7 Å². The van der Waals surface area contributed by atoms with Crippen LogP contribution in [-0.2, 0) is 19.1 Å². The summed E-state index contributed by atoms with van der Waals surface area (Å²) in [4.78, 5) is 47.4. The van der Waals surface area contributed by atoms with E-state index in [1.807, 2.05) is 24.3 Å². The Labute approximate surface area is 202 Å². The van der Waals surface area contributed by atoms with Gasteiger partial charge in [0.25, 0.3) is 0 Å². The topological polar surface area (TPSA) is 134 Å². The van der Waals surface area contributed by atoms with E-state index in [4.69, 9.17) is 9.84 Å². The van der Waals surface area contributed by atoms with Gasteiger partial charge >= 0.3 is 12.1 Å². The van der Waals surface area contributed by atoms with Crippen molar-refractivity contribution in [2.24, 2.45) is 11.3 Å². The Morgan fingerprint density at radius 1 is 0.914 bits per heavy atom. The van der Waals surface area contributed by atoms with Gasteiger partial charge in [0.05, 0.1) is 12.0 Å². The van der Waals surface area contributed by atoms with E-state index in [1.54, 1.807) is 0 Å². The average molecular weight is 478 g/mol. The Bertz CT molecular complexity index is 1150. The van der Waals surface area contributed by atoms with Gasteiger partial charge in [-0.25, -0.2) is 4.79 Å². The molecule has 0 bridgehead atoms. The maximum Gasteiger partial charge on any atom is 0.407 e. The number of carbonyl (C=O) groups is 4. The zero-order valence-corrected chi connectivity index (χ0v) is 19.1. The summed E-state index contributed by atoms with van der Waals surface area (Å²) in [6, 6.07) is 16.1. The van der Waals surface area contributed by atoms with Crippen molar-refractivity contribution in [2.45, 2.75) is 31.2 Å². The monoisotopic (exact) mass is 477 g/mol. The van der Waals surface area contributed by atoms with E-state index < -0.39 is 29.9 Å². The van der Waals surface area contributed by atoms with E-state index in [2.05, 4.69) is 40.2 Å². The van der Waals surface area contributed by atoms with Gasteiger partial charge in [-0.05, 0) is 47.4 Å². The van der Waals surface area contributed by atoms with Gasteiger partial charge in [0.1, 0.15) is 13.2 Å². The highest BCUT2D eigenvalue weighted by Gasteiger charge is 2.65. The zero-order valence-electron chi connectivity index (χ0n) is 19.1. The Morgan fingerprint density at radius 2 is 1.57 bits per heavy atom. The number of fused-ring (bicyclic) bond motifs is 4. The van der Waals surface area contributed by atoms with Crippen molar-refractivity contribution in [3.63, 3.8) is 0 Å². The SMILES string of the molecule is O=C(O)CNC(=O)CNC(=O)[C@@]12C[C@@H](NC(=O)OCC3c4ccccc4-c4ccccc43)C[C@@H]1C2. The van der Waals surface area contributed by atoms with Gasteiger partial charge in [-0.3, -0.25) is 14.4 Å². The first kappa shape index (κ1) is 22.9. The van der Waals surface area contributed by atoms with Gasteiger partial charge in [-0.2, -0.15) is 0 Å². The van der Waals surface area contributed by atoms with Crippen molar-refractivity contribution in [3.8, 4) is 11.1 Å². The molecule has 35 heavy (non-hydrogen) atoms. The Morgan fingerprint density at radius 3 is 2.23 bits per heavy atom. The number of amides is 3. The van der Waals surface area contributed by atoms with Gasteiger partial charge in [0.2, 0.25) is 11.8 Å². The molecule has 2 fully saturated rings. The molecule has 2 aromatic carbocycles. The average Bonchev–Trinajstić information content (AvgIpc) is 3.27. The molecular weight excluding hydrogens is 450 g/mol. The van der Waals surface area contributed by atoms with Crippen LogP contribution in [-0.4, -0.2) is 54.7 Å². The lowest BCUT2D eigenvalue weighted by Crippen LogP contribution is -2.42. The molecule has 0 saturated heterocycles. The molecule has 3 atom stereocenters. The van der Waals surface area contributed by atoms with E-state index >= 15 is 0 Å². The van der Waals surface area contributed by atoms with Crippen molar-refractivity contribution >= 4 is 23.9 Å². The molecule has 2 aromatic rings. The highest BCUT2D eigenvalue weighted by atomic mass is 16.5. The van der Waals surface area contributed by atoms with Gasteiger partial charge < -0.3 is 25.8 Å². The van der Waals surface area contributed by atoms with Crippen LogP contribution in [0.25, 0.3) is 11.1 Å². The van der Waals surface area contributed by atoms with Crippen LogP contribution in [0.1, 0.15) is 36.3 Å². The quantitative estimate of drug-likeness (QED) is 0.460. The lowest BCUT2D eigenvalue weighted by molar-refractivity contribution is -0.137. The molecule has 4 N–H and O–H groups in total. The Hall–Kier alpha value is -3.88. The van der Waals surface area contributed by atoms with Gasteiger partial charge in [0, 0.05) is 12.0 Å². The third kappa shape index (κ3) is 4.45. The smallest absolute Gasteiger partial charge is 0.407 e. The number of carboxylic acids is 1. The van der Waals surface area contributed by atoms with E-state index in [9.17, 15) is 19.2 Å². The normalized spacial score (nSPS) is 23.4. The number of carbonyl (C=O) groups excluding carboxylic acids is 3. The fraction of sp³-hybridized carbons (Fsp3) is 0.385. The lowest BCUT2D eigenvalue weighted by atomic mass is 9.98. The summed E-state index contributed by atoms with van der Waals surface area (Å²) in [6.45, 7) is -0.535. The highest BCUT2D eigenvalue weighted by molar-refractivity contribution is 5.91. The fourth-order valence-electron chi connectivity index (χ4n) is 5.67. The fourth-order valence-corrected chi connectivity index (χ4v) is 5.67. The molecule has 0 aromatic heterocycles. The van der Waals surface area contributed by atoms with Crippen LogP contribution in [0.3, 0.4) is 0 Å². The minimum atomic E-state index is -1.15. The summed E-state index contributed by atoms with van der Waals surface area (Å²) in [5.74, 6) is -1.80. The third-order valence-electron chi connectivity index (χ3n) is 7.38. The van der Waals surface area contributed by atoms with E-state index in [0.29, 0.717) is 12.8 Å². The second-order valence-electron chi connectivity index (χ2n) is 9.52. The van der Waals surface area contributed by atoms with Crippen LogP contribution in [0.4, 0.5) is 4.79 Å². The number of carboxylic acid groups (broad SMARTS) is 1. The van der Waals surface area contributed by atoms with Crippen molar-refractivity contribution < 1.29 is 29.0 Å². The molecule has 0 unspecified atom stereocenters. The predicted molar refractivity (Wildman–Crippen MR) is 125 cm³/mol. The Balaban J connectivity index is 1.11. The number of ether oxygens (including phenoxy) is 1. The number of benzene rings is 2. The maximum absolute atomic E-state index is 12.7. The van der Waals surface area contributed by atoms with E-state index in [1.165, 1.54) is 0 Å². The summed E-state index contributed by atoms with van der Waals surface area (Å²) >= 11 is 0. The second-order valence-corrected chi connectivity index (χ2v) is 9.52. The van der Waals surface area contributed by atoms with Gasteiger partial charge in [-0.1, -0.05) is 48.5 Å². The molecule has 0 spiro atoms. The number of aliphatic carboxylic acids is 1. The molecule has 2 saturated carbocycles.